The zero-order valence-corrected chi connectivity index (χ0v) is 14.8. The zero-order chi connectivity index (χ0) is 18.1. The van der Waals surface area contributed by atoms with Crippen LogP contribution in [-0.4, -0.2) is 37.1 Å². The van der Waals surface area contributed by atoms with Crippen LogP contribution < -0.4 is 20.1 Å². The largest absolute Gasteiger partial charge is 0.490 e. The zero-order valence-electron chi connectivity index (χ0n) is 14.8. The third kappa shape index (κ3) is 2.83. The van der Waals surface area contributed by atoms with E-state index in [1.807, 2.05) is 0 Å². The van der Waals surface area contributed by atoms with E-state index in [9.17, 15) is 9.59 Å². The highest BCUT2D eigenvalue weighted by Gasteiger charge is 2.59. The Morgan fingerprint density at radius 3 is 2.50 bits per heavy atom. The van der Waals surface area contributed by atoms with Gasteiger partial charge < -0.3 is 20.1 Å². The number of rotatable bonds is 4. The molecule has 2 amide bonds. The van der Waals surface area contributed by atoms with Gasteiger partial charge in [0.1, 0.15) is 0 Å². The standard InChI is InChI=1S/C20H24N2O4/c1-2-18(23)21-16-12-17(20(16)7-3-8-20)22-19(24)13-5-6-14-15(11-13)26-10-4-9-25-14/h2,5-6,11,16-17H,1,3-4,7-10,12H2,(H,21,23)(H,22,24). The molecule has 1 aromatic carbocycles. The molecule has 3 aliphatic rings. The molecule has 1 spiro atoms. The number of benzene rings is 1. The monoisotopic (exact) mass is 356 g/mol. The van der Waals surface area contributed by atoms with Crippen LogP contribution in [0.4, 0.5) is 0 Å². The average Bonchev–Trinajstić information content (AvgIpc) is 2.83. The van der Waals surface area contributed by atoms with E-state index in [0.29, 0.717) is 30.3 Å². The van der Waals surface area contributed by atoms with Crippen LogP contribution in [0.3, 0.4) is 0 Å². The quantitative estimate of drug-likeness (QED) is 0.811. The van der Waals surface area contributed by atoms with E-state index in [2.05, 4.69) is 17.2 Å². The second-order valence-electron chi connectivity index (χ2n) is 7.33. The van der Waals surface area contributed by atoms with Crippen molar-refractivity contribution < 1.29 is 19.1 Å². The van der Waals surface area contributed by atoms with Gasteiger partial charge in [0.2, 0.25) is 5.91 Å². The first kappa shape index (κ1) is 16.9. The molecule has 6 heteroatoms. The lowest BCUT2D eigenvalue weighted by atomic mass is 9.49. The molecule has 2 saturated carbocycles. The highest BCUT2D eigenvalue weighted by molar-refractivity contribution is 5.95. The first-order valence-corrected chi connectivity index (χ1v) is 9.26. The SMILES string of the molecule is C=CC(=O)NC1CC(NC(=O)c2ccc3c(c2)OCCCO3)C12CCC2. The third-order valence-corrected chi connectivity index (χ3v) is 5.96. The summed E-state index contributed by atoms with van der Waals surface area (Å²) in [6.07, 6.45) is 6.09. The summed E-state index contributed by atoms with van der Waals surface area (Å²) in [4.78, 5) is 24.3. The predicted molar refractivity (Wildman–Crippen MR) is 96.3 cm³/mol. The van der Waals surface area contributed by atoms with Crippen LogP contribution in [0.15, 0.2) is 30.9 Å². The van der Waals surface area contributed by atoms with Crippen LogP contribution in [0, 0.1) is 5.41 Å². The van der Waals surface area contributed by atoms with Gasteiger partial charge in [-0.1, -0.05) is 13.0 Å². The van der Waals surface area contributed by atoms with Gasteiger partial charge in [-0.25, -0.2) is 0 Å². The van der Waals surface area contributed by atoms with Gasteiger partial charge in [0.05, 0.1) is 13.2 Å². The Morgan fingerprint density at radius 2 is 1.81 bits per heavy atom. The van der Waals surface area contributed by atoms with Crippen LogP contribution >= 0.6 is 0 Å². The van der Waals surface area contributed by atoms with E-state index in [-0.39, 0.29) is 29.3 Å². The van der Waals surface area contributed by atoms with Crippen LogP contribution in [0.5, 0.6) is 11.5 Å². The fourth-order valence-electron chi connectivity index (χ4n) is 4.25. The van der Waals surface area contributed by atoms with Crippen molar-refractivity contribution in [2.45, 2.75) is 44.2 Å². The Labute approximate surface area is 152 Å². The third-order valence-electron chi connectivity index (χ3n) is 5.96. The summed E-state index contributed by atoms with van der Waals surface area (Å²) in [5, 5.41) is 6.16. The smallest absolute Gasteiger partial charge is 0.251 e. The maximum Gasteiger partial charge on any atom is 0.251 e. The lowest BCUT2D eigenvalue weighted by molar-refractivity contribution is -0.123. The Morgan fingerprint density at radius 1 is 1.08 bits per heavy atom. The molecule has 2 aliphatic carbocycles. The first-order chi connectivity index (χ1) is 12.6. The van der Waals surface area contributed by atoms with Crippen molar-refractivity contribution in [1.29, 1.82) is 0 Å². The molecule has 1 heterocycles. The Bertz CT molecular complexity index is 741. The van der Waals surface area contributed by atoms with Gasteiger partial charge in [0.25, 0.3) is 5.91 Å². The molecule has 1 aliphatic heterocycles. The minimum Gasteiger partial charge on any atom is -0.490 e. The number of ether oxygens (including phenoxy) is 2. The molecule has 2 N–H and O–H groups in total. The lowest BCUT2D eigenvalue weighted by Crippen LogP contribution is -2.71. The first-order valence-electron chi connectivity index (χ1n) is 9.26. The van der Waals surface area contributed by atoms with Crippen molar-refractivity contribution in [2.24, 2.45) is 5.41 Å². The van der Waals surface area contributed by atoms with E-state index in [4.69, 9.17) is 9.47 Å². The summed E-state index contributed by atoms with van der Waals surface area (Å²) < 4.78 is 11.3. The van der Waals surface area contributed by atoms with E-state index in [0.717, 1.165) is 32.1 Å². The molecule has 2 atom stereocenters. The van der Waals surface area contributed by atoms with Crippen molar-refractivity contribution in [3.8, 4) is 11.5 Å². The number of hydrogen-bond donors (Lipinski definition) is 2. The van der Waals surface area contributed by atoms with Gasteiger partial charge in [-0.15, -0.1) is 0 Å². The van der Waals surface area contributed by atoms with Crippen LogP contribution in [-0.2, 0) is 4.79 Å². The molecule has 2 unspecified atom stereocenters. The molecule has 0 saturated heterocycles. The van der Waals surface area contributed by atoms with Gasteiger partial charge in [-0.2, -0.15) is 0 Å². The van der Waals surface area contributed by atoms with Crippen molar-refractivity contribution >= 4 is 11.8 Å². The summed E-state index contributed by atoms with van der Waals surface area (Å²) in [5.74, 6) is 1.06. The van der Waals surface area contributed by atoms with Crippen molar-refractivity contribution in [3.63, 3.8) is 0 Å². The molecule has 4 rings (SSSR count). The van der Waals surface area contributed by atoms with Gasteiger partial charge >= 0.3 is 0 Å². The minimum atomic E-state index is -0.144. The minimum absolute atomic E-state index is 0.000368. The summed E-state index contributed by atoms with van der Waals surface area (Å²) in [6, 6.07) is 5.53. The highest BCUT2D eigenvalue weighted by Crippen LogP contribution is 2.56. The fraction of sp³-hybridized carbons (Fsp3) is 0.500. The number of fused-ring (bicyclic) bond motifs is 1. The highest BCUT2D eigenvalue weighted by atomic mass is 16.5. The number of amides is 2. The van der Waals surface area contributed by atoms with Crippen molar-refractivity contribution in [1.82, 2.24) is 10.6 Å². The van der Waals surface area contributed by atoms with Gasteiger partial charge in [-0.05, 0) is 43.5 Å². The van der Waals surface area contributed by atoms with Crippen molar-refractivity contribution in [2.75, 3.05) is 13.2 Å². The molecular formula is C20H24N2O4. The van der Waals surface area contributed by atoms with Crippen LogP contribution in [0.1, 0.15) is 42.5 Å². The van der Waals surface area contributed by atoms with Crippen molar-refractivity contribution in [3.05, 3.63) is 36.4 Å². The maximum atomic E-state index is 12.7. The predicted octanol–water partition coefficient (Wildman–Crippen LogP) is 2.19. The Balaban J connectivity index is 1.43. The second kappa shape index (κ2) is 6.67. The molecule has 0 aromatic heterocycles. The molecule has 1 aromatic rings. The number of carbonyl (C=O) groups excluding carboxylic acids is 2. The summed E-state index contributed by atoms with van der Waals surface area (Å²) in [7, 11) is 0. The summed E-state index contributed by atoms with van der Waals surface area (Å²) in [5.41, 5.74) is 0.571. The normalized spacial score (nSPS) is 25.2. The van der Waals surface area contributed by atoms with Crippen LogP contribution in [0.2, 0.25) is 0 Å². The summed E-state index contributed by atoms with van der Waals surface area (Å²) in [6.45, 7) is 4.73. The van der Waals surface area contributed by atoms with Crippen LogP contribution in [0.25, 0.3) is 0 Å². The average molecular weight is 356 g/mol. The molecule has 138 valence electrons. The number of nitrogens with one attached hydrogen (secondary N) is 2. The number of hydrogen-bond acceptors (Lipinski definition) is 4. The fourth-order valence-corrected chi connectivity index (χ4v) is 4.25. The molecule has 6 nitrogen and oxygen atoms in total. The molecule has 0 radical (unpaired) electrons. The lowest BCUT2D eigenvalue weighted by Gasteiger charge is -2.61. The second-order valence-corrected chi connectivity index (χ2v) is 7.33. The van der Waals surface area contributed by atoms with Gasteiger partial charge in [-0.3, -0.25) is 9.59 Å². The van der Waals surface area contributed by atoms with Gasteiger partial charge in [0.15, 0.2) is 11.5 Å². The van der Waals surface area contributed by atoms with E-state index >= 15 is 0 Å². The summed E-state index contributed by atoms with van der Waals surface area (Å²) >= 11 is 0. The number of carbonyl (C=O) groups is 2. The molecule has 26 heavy (non-hydrogen) atoms. The van der Waals surface area contributed by atoms with E-state index in [1.165, 1.54) is 6.08 Å². The molecular weight excluding hydrogens is 332 g/mol. The molecule has 2 fully saturated rings. The topological polar surface area (TPSA) is 76.7 Å². The Kier molecular flexibility index (Phi) is 4.34. The van der Waals surface area contributed by atoms with E-state index < -0.39 is 0 Å². The molecule has 0 bridgehead atoms. The maximum absolute atomic E-state index is 12.7. The van der Waals surface area contributed by atoms with Gasteiger partial charge in [0, 0.05) is 29.5 Å². The van der Waals surface area contributed by atoms with E-state index in [1.54, 1.807) is 18.2 Å². The Hall–Kier alpha value is -2.50.